The van der Waals surface area contributed by atoms with E-state index in [0.29, 0.717) is 32.8 Å². The van der Waals surface area contributed by atoms with Crippen LogP contribution in [0, 0.1) is 5.95 Å². The summed E-state index contributed by atoms with van der Waals surface area (Å²) in [7, 11) is 0. The van der Waals surface area contributed by atoms with Crippen LogP contribution in [0.1, 0.15) is 40.5 Å². The summed E-state index contributed by atoms with van der Waals surface area (Å²) in [6.07, 6.45) is 8.23. The number of allylic oxidation sites excluding steroid dienone is 4. The summed E-state index contributed by atoms with van der Waals surface area (Å²) in [6.45, 7) is 11.8. The van der Waals surface area contributed by atoms with E-state index in [1.165, 1.54) is 9.78 Å². The standard InChI is InChI=1S/C26H37FIN5O2/c1-5-19(28)11-12-20-18-31-22(7-3)24(32-20)21(6-2)26(34)30-14-15-33(8-4)16-17-35-23-10-9-13-29-25(23)27/h6,9-13,26,30,34H,5,7-8,14-18H2,1-4H3/b19-11+,20-12+,21-6+. The van der Waals surface area contributed by atoms with Crippen molar-refractivity contribution in [2.45, 2.75) is 46.8 Å². The van der Waals surface area contributed by atoms with E-state index >= 15 is 0 Å². The lowest BCUT2D eigenvalue weighted by atomic mass is 10.0. The molecule has 0 spiro atoms. The predicted octanol–water partition coefficient (Wildman–Crippen LogP) is 4.69. The smallest absolute Gasteiger partial charge is 0.255 e. The van der Waals surface area contributed by atoms with Crippen molar-refractivity contribution in [2.24, 2.45) is 9.98 Å². The lowest BCUT2D eigenvalue weighted by molar-refractivity contribution is 0.163. The van der Waals surface area contributed by atoms with E-state index in [-0.39, 0.29) is 5.75 Å². The van der Waals surface area contributed by atoms with Crippen molar-refractivity contribution in [2.75, 3.05) is 39.3 Å². The number of aliphatic hydroxyl groups is 1. The van der Waals surface area contributed by atoms with Crippen LogP contribution in [0.25, 0.3) is 0 Å². The molecule has 0 bridgehead atoms. The molecule has 1 atom stereocenters. The van der Waals surface area contributed by atoms with Crippen molar-refractivity contribution in [1.82, 2.24) is 15.2 Å². The number of nitrogens with zero attached hydrogens (tertiary/aromatic N) is 4. The lowest BCUT2D eigenvalue weighted by Gasteiger charge is -2.24. The average Bonchev–Trinajstić information content (AvgIpc) is 2.87. The summed E-state index contributed by atoms with van der Waals surface area (Å²) < 4.78 is 20.4. The monoisotopic (exact) mass is 597 g/mol. The first-order valence-corrected chi connectivity index (χ1v) is 13.2. The van der Waals surface area contributed by atoms with Gasteiger partial charge in [0, 0.05) is 31.4 Å². The minimum atomic E-state index is -0.861. The molecule has 7 nitrogen and oxygen atoms in total. The zero-order chi connectivity index (χ0) is 25.6. The Labute approximate surface area is 222 Å². The van der Waals surface area contributed by atoms with Crippen LogP contribution in [0.3, 0.4) is 0 Å². The second kappa shape index (κ2) is 15.9. The highest BCUT2D eigenvalue weighted by atomic mass is 127. The summed E-state index contributed by atoms with van der Waals surface area (Å²) in [5, 5.41) is 14.1. The minimum Gasteiger partial charge on any atom is -0.487 e. The number of aliphatic hydroxyl groups excluding tert-OH is 1. The molecule has 2 rings (SSSR count). The maximum absolute atomic E-state index is 13.6. The van der Waals surface area contributed by atoms with Crippen LogP contribution in [-0.2, 0) is 0 Å². The number of nitrogens with one attached hydrogen (secondary N) is 1. The first-order valence-electron chi connectivity index (χ1n) is 12.1. The fourth-order valence-electron chi connectivity index (χ4n) is 3.48. The molecule has 35 heavy (non-hydrogen) atoms. The Morgan fingerprint density at radius 3 is 2.80 bits per heavy atom. The molecule has 0 saturated heterocycles. The van der Waals surface area contributed by atoms with Crippen LogP contribution < -0.4 is 10.1 Å². The molecule has 1 aliphatic rings. The summed E-state index contributed by atoms with van der Waals surface area (Å²) in [4.78, 5) is 15.3. The van der Waals surface area contributed by atoms with Crippen LogP contribution in [0.15, 0.2) is 61.4 Å². The second-order valence-corrected chi connectivity index (χ2v) is 9.26. The van der Waals surface area contributed by atoms with Crippen molar-refractivity contribution in [3.63, 3.8) is 0 Å². The number of ether oxygens (including phenoxy) is 1. The topological polar surface area (TPSA) is 82.3 Å². The number of rotatable bonds is 14. The Balaban J connectivity index is 1.94. The highest BCUT2D eigenvalue weighted by molar-refractivity contribution is 14.1. The molecule has 0 saturated carbocycles. The molecule has 0 aromatic carbocycles. The maximum Gasteiger partial charge on any atom is 0.255 e. The van der Waals surface area contributed by atoms with Gasteiger partial charge < -0.3 is 9.84 Å². The molecule has 0 radical (unpaired) electrons. The third-order valence-electron chi connectivity index (χ3n) is 5.57. The van der Waals surface area contributed by atoms with Crippen LogP contribution in [-0.4, -0.2) is 72.0 Å². The first-order chi connectivity index (χ1) is 16.9. The SMILES string of the molecule is C/C=C(C1=N/C(=C/C=C(/I)CC)CN=C1CC)/C(O)NCCN(CC)CCOc1cccnc1F. The van der Waals surface area contributed by atoms with Gasteiger partial charge in [-0.15, -0.1) is 0 Å². The first kappa shape index (κ1) is 29.3. The van der Waals surface area contributed by atoms with E-state index in [0.717, 1.165) is 42.1 Å². The molecule has 192 valence electrons. The maximum atomic E-state index is 13.6. The number of aromatic nitrogens is 1. The molecule has 1 unspecified atom stereocenters. The van der Waals surface area contributed by atoms with Gasteiger partial charge in [0.05, 0.1) is 23.7 Å². The number of hydrogen-bond donors (Lipinski definition) is 2. The van der Waals surface area contributed by atoms with Crippen LogP contribution in [0.2, 0.25) is 0 Å². The molecule has 9 heteroatoms. The molecule has 2 heterocycles. The number of pyridine rings is 1. The van der Waals surface area contributed by atoms with Crippen molar-refractivity contribution >= 4 is 34.0 Å². The Morgan fingerprint density at radius 1 is 1.34 bits per heavy atom. The van der Waals surface area contributed by atoms with Crippen molar-refractivity contribution in [3.05, 3.63) is 57.4 Å². The van der Waals surface area contributed by atoms with Crippen LogP contribution in [0.5, 0.6) is 5.75 Å². The van der Waals surface area contributed by atoms with E-state index in [4.69, 9.17) is 14.7 Å². The molecule has 1 aromatic heterocycles. The third-order valence-corrected chi connectivity index (χ3v) is 6.69. The molecule has 0 fully saturated rings. The third kappa shape index (κ3) is 9.55. The van der Waals surface area contributed by atoms with E-state index < -0.39 is 12.2 Å². The quantitative estimate of drug-likeness (QED) is 0.185. The predicted molar refractivity (Wildman–Crippen MR) is 150 cm³/mol. The van der Waals surface area contributed by atoms with Crippen LogP contribution >= 0.6 is 22.6 Å². The molecule has 0 amide bonds. The molecule has 2 N–H and O–H groups in total. The summed E-state index contributed by atoms with van der Waals surface area (Å²) in [5.41, 5.74) is 3.25. The second-order valence-electron chi connectivity index (χ2n) is 7.88. The van der Waals surface area contributed by atoms with Crippen molar-refractivity contribution in [3.8, 4) is 5.75 Å². The van der Waals surface area contributed by atoms with Gasteiger partial charge in [-0.05, 0) is 70.7 Å². The lowest BCUT2D eigenvalue weighted by Crippen LogP contribution is -2.41. The van der Waals surface area contributed by atoms with Gasteiger partial charge >= 0.3 is 0 Å². The van der Waals surface area contributed by atoms with Crippen molar-refractivity contribution in [1.29, 1.82) is 0 Å². The van der Waals surface area contributed by atoms with E-state index in [9.17, 15) is 9.50 Å². The fraction of sp³-hybridized carbons (Fsp3) is 0.500. The Morgan fingerprint density at radius 2 is 2.14 bits per heavy atom. The van der Waals surface area contributed by atoms with E-state index in [1.807, 2.05) is 19.1 Å². The largest absolute Gasteiger partial charge is 0.487 e. The normalized spacial score (nSPS) is 17.0. The number of halogens is 2. The summed E-state index contributed by atoms with van der Waals surface area (Å²) >= 11 is 2.33. The summed E-state index contributed by atoms with van der Waals surface area (Å²) in [5.74, 6) is -0.446. The van der Waals surface area contributed by atoms with Gasteiger partial charge in [0.1, 0.15) is 12.8 Å². The fourth-order valence-corrected chi connectivity index (χ4v) is 3.66. The van der Waals surface area contributed by atoms with E-state index in [2.05, 4.69) is 64.6 Å². The molecule has 1 aliphatic heterocycles. The van der Waals surface area contributed by atoms with Gasteiger partial charge in [-0.1, -0.05) is 32.9 Å². The zero-order valence-corrected chi connectivity index (χ0v) is 23.3. The number of likely N-dealkylation sites (N-methyl/N-ethyl adjacent to an activating group) is 1. The van der Waals surface area contributed by atoms with Gasteiger partial charge in [0.25, 0.3) is 5.95 Å². The highest BCUT2D eigenvalue weighted by Gasteiger charge is 2.22. The van der Waals surface area contributed by atoms with Crippen molar-refractivity contribution < 1.29 is 14.2 Å². The van der Waals surface area contributed by atoms with Gasteiger partial charge in [-0.2, -0.15) is 4.39 Å². The van der Waals surface area contributed by atoms with Crippen LogP contribution in [0.4, 0.5) is 4.39 Å². The molecular weight excluding hydrogens is 560 g/mol. The van der Waals surface area contributed by atoms with E-state index in [1.54, 1.807) is 12.1 Å². The minimum absolute atomic E-state index is 0.157. The Bertz CT molecular complexity index is 974. The average molecular weight is 598 g/mol. The number of aliphatic imine (C=N–C) groups is 2. The van der Waals surface area contributed by atoms with Gasteiger partial charge in [-0.3, -0.25) is 15.2 Å². The molecule has 0 aliphatic carbocycles. The zero-order valence-electron chi connectivity index (χ0n) is 21.1. The molecular formula is C26H37FIN5O2. The van der Waals surface area contributed by atoms with Gasteiger partial charge in [-0.25, -0.2) is 9.98 Å². The highest BCUT2D eigenvalue weighted by Crippen LogP contribution is 2.18. The summed E-state index contributed by atoms with van der Waals surface area (Å²) in [6, 6.07) is 3.21. The number of hydrogen-bond acceptors (Lipinski definition) is 7. The molecule has 1 aromatic rings. The Hall–Kier alpha value is -1.95. The Kier molecular flexibility index (Phi) is 13.3. The van der Waals surface area contributed by atoms with Gasteiger partial charge in [0.2, 0.25) is 0 Å². The van der Waals surface area contributed by atoms with Gasteiger partial charge in [0.15, 0.2) is 5.75 Å².